The van der Waals surface area contributed by atoms with E-state index in [9.17, 15) is 4.79 Å². The monoisotopic (exact) mass is 306 g/mol. The van der Waals surface area contributed by atoms with Gasteiger partial charge in [0.1, 0.15) is 11.5 Å². The number of aromatic nitrogens is 1. The second kappa shape index (κ2) is 7.17. The Bertz CT molecular complexity index is 595. The molecule has 0 saturated carbocycles. The van der Waals surface area contributed by atoms with Gasteiger partial charge >= 0.3 is 0 Å². The van der Waals surface area contributed by atoms with E-state index in [1.807, 2.05) is 37.4 Å². The molecule has 1 atom stereocenters. The van der Waals surface area contributed by atoms with Gasteiger partial charge in [-0.25, -0.2) is 0 Å². The summed E-state index contributed by atoms with van der Waals surface area (Å²) in [5, 5.41) is 6.42. The van der Waals surface area contributed by atoms with Gasteiger partial charge in [0.25, 0.3) is 5.91 Å². The number of benzene rings is 1. The molecule has 112 valence electrons. The highest BCUT2D eigenvalue weighted by Crippen LogP contribution is 2.20. The van der Waals surface area contributed by atoms with Gasteiger partial charge in [0.15, 0.2) is 11.9 Å². The normalized spacial score (nSPS) is 12.0. The molecule has 5 nitrogen and oxygen atoms in total. The second-order valence-electron chi connectivity index (χ2n) is 4.50. The number of ether oxygens (including phenoxy) is 1. The lowest BCUT2D eigenvalue weighted by atomic mass is 10.2. The molecule has 1 aromatic heterocycles. The highest BCUT2D eigenvalue weighted by atomic mass is 32.2. The van der Waals surface area contributed by atoms with Crippen LogP contribution in [0.2, 0.25) is 0 Å². The quantitative estimate of drug-likeness (QED) is 0.827. The molecule has 0 aliphatic heterocycles. The predicted molar refractivity (Wildman–Crippen MR) is 82.8 cm³/mol. The lowest BCUT2D eigenvalue weighted by molar-refractivity contribution is -0.122. The van der Waals surface area contributed by atoms with Crippen molar-refractivity contribution in [3.05, 3.63) is 36.1 Å². The first-order chi connectivity index (χ1) is 10.1. The van der Waals surface area contributed by atoms with Gasteiger partial charge in [-0.3, -0.25) is 4.79 Å². The molecule has 0 fully saturated rings. The zero-order valence-corrected chi connectivity index (χ0v) is 13.1. The lowest BCUT2D eigenvalue weighted by Crippen LogP contribution is -2.32. The number of nitrogens with zero attached hydrogens (tertiary/aromatic N) is 1. The molecule has 0 bridgehead atoms. The maximum absolute atomic E-state index is 12.2. The SMILES string of the molecule is CC[C@@H](Oc1ccc(SC)cc1)C(=O)Nc1cc(C)on1. The Hall–Kier alpha value is -1.95. The van der Waals surface area contributed by atoms with E-state index in [-0.39, 0.29) is 5.91 Å². The van der Waals surface area contributed by atoms with Crippen LogP contribution < -0.4 is 10.1 Å². The Morgan fingerprint density at radius 1 is 1.43 bits per heavy atom. The molecule has 0 spiro atoms. The summed E-state index contributed by atoms with van der Waals surface area (Å²) in [6, 6.07) is 9.32. The maximum atomic E-state index is 12.2. The molecule has 0 radical (unpaired) electrons. The maximum Gasteiger partial charge on any atom is 0.266 e. The summed E-state index contributed by atoms with van der Waals surface area (Å²) in [4.78, 5) is 13.3. The number of hydrogen-bond acceptors (Lipinski definition) is 5. The molecule has 1 aromatic carbocycles. The Morgan fingerprint density at radius 2 is 2.14 bits per heavy atom. The molecule has 2 rings (SSSR count). The Kier molecular flexibility index (Phi) is 5.27. The van der Waals surface area contributed by atoms with Crippen LogP contribution in [0.4, 0.5) is 5.82 Å². The molecule has 1 amide bonds. The smallest absolute Gasteiger partial charge is 0.266 e. The molecule has 2 aromatic rings. The molecule has 1 N–H and O–H groups in total. The third kappa shape index (κ3) is 4.26. The van der Waals surface area contributed by atoms with Crippen molar-refractivity contribution < 1.29 is 14.1 Å². The largest absolute Gasteiger partial charge is 0.481 e. The van der Waals surface area contributed by atoms with E-state index in [1.165, 1.54) is 0 Å². The van der Waals surface area contributed by atoms with Gasteiger partial charge in [-0.05, 0) is 43.9 Å². The first kappa shape index (κ1) is 15.4. The minimum atomic E-state index is -0.567. The van der Waals surface area contributed by atoms with Crippen molar-refractivity contribution in [2.45, 2.75) is 31.3 Å². The van der Waals surface area contributed by atoms with Crippen molar-refractivity contribution in [1.29, 1.82) is 0 Å². The standard InChI is InChI=1S/C15H18N2O3S/c1-4-13(15(18)16-14-9-10(2)20-17-14)19-11-5-7-12(21-3)8-6-11/h5-9,13H,4H2,1-3H3,(H,16,17,18)/t13-/m1/s1. The van der Waals surface area contributed by atoms with Gasteiger partial charge in [-0.1, -0.05) is 12.1 Å². The lowest BCUT2D eigenvalue weighted by Gasteiger charge is -2.16. The Labute approximate surface area is 128 Å². The van der Waals surface area contributed by atoms with Crippen LogP contribution in [-0.4, -0.2) is 23.4 Å². The van der Waals surface area contributed by atoms with Crippen molar-refractivity contribution in [3.63, 3.8) is 0 Å². The van der Waals surface area contributed by atoms with Crippen molar-refractivity contribution in [2.24, 2.45) is 0 Å². The van der Waals surface area contributed by atoms with Crippen LogP contribution >= 0.6 is 11.8 Å². The van der Waals surface area contributed by atoms with Crippen molar-refractivity contribution in [2.75, 3.05) is 11.6 Å². The van der Waals surface area contributed by atoms with Crippen LogP contribution in [0, 0.1) is 6.92 Å². The van der Waals surface area contributed by atoms with Gasteiger partial charge in [0, 0.05) is 11.0 Å². The third-order valence-electron chi connectivity index (χ3n) is 2.88. The van der Waals surface area contributed by atoms with Gasteiger partial charge < -0.3 is 14.6 Å². The minimum Gasteiger partial charge on any atom is -0.481 e. The first-order valence-electron chi connectivity index (χ1n) is 6.67. The molecule has 0 saturated heterocycles. The number of carbonyl (C=O) groups is 1. The number of rotatable bonds is 6. The van der Waals surface area contributed by atoms with E-state index in [1.54, 1.807) is 24.8 Å². The summed E-state index contributed by atoms with van der Waals surface area (Å²) in [5.74, 6) is 1.48. The van der Waals surface area contributed by atoms with E-state index >= 15 is 0 Å². The zero-order chi connectivity index (χ0) is 15.2. The summed E-state index contributed by atoms with van der Waals surface area (Å²) in [6.45, 7) is 3.66. The van der Waals surface area contributed by atoms with Crippen molar-refractivity contribution >= 4 is 23.5 Å². The molecular formula is C15H18N2O3S. The van der Waals surface area contributed by atoms with Crippen LogP contribution in [0.3, 0.4) is 0 Å². The molecule has 1 heterocycles. The number of thioether (sulfide) groups is 1. The van der Waals surface area contributed by atoms with Crippen LogP contribution in [0.15, 0.2) is 39.8 Å². The fourth-order valence-electron chi connectivity index (χ4n) is 1.77. The van der Waals surface area contributed by atoms with E-state index in [2.05, 4.69) is 10.5 Å². The molecule has 0 unspecified atom stereocenters. The molecule has 21 heavy (non-hydrogen) atoms. The summed E-state index contributed by atoms with van der Waals surface area (Å²) in [7, 11) is 0. The highest BCUT2D eigenvalue weighted by molar-refractivity contribution is 7.98. The van der Waals surface area contributed by atoms with Crippen molar-refractivity contribution in [1.82, 2.24) is 5.16 Å². The van der Waals surface area contributed by atoms with Crippen LogP contribution in [-0.2, 0) is 4.79 Å². The molecule has 6 heteroatoms. The van der Waals surface area contributed by atoms with E-state index in [0.717, 1.165) is 4.90 Å². The summed E-state index contributed by atoms with van der Waals surface area (Å²) in [5.41, 5.74) is 0. The van der Waals surface area contributed by atoms with Crippen LogP contribution in [0.25, 0.3) is 0 Å². The van der Waals surface area contributed by atoms with Gasteiger partial charge in [-0.15, -0.1) is 11.8 Å². The Balaban J connectivity index is 1.99. The fraction of sp³-hybridized carbons (Fsp3) is 0.333. The van der Waals surface area contributed by atoms with Crippen LogP contribution in [0.5, 0.6) is 5.75 Å². The fourth-order valence-corrected chi connectivity index (χ4v) is 2.18. The average molecular weight is 306 g/mol. The Morgan fingerprint density at radius 3 is 2.67 bits per heavy atom. The number of anilines is 1. The molecule has 0 aliphatic rings. The highest BCUT2D eigenvalue weighted by Gasteiger charge is 2.19. The topological polar surface area (TPSA) is 64.4 Å². The van der Waals surface area contributed by atoms with E-state index in [4.69, 9.17) is 9.26 Å². The molecular weight excluding hydrogens is 288 g/mol. The molecule has 0 aliphatic carbocycles. The number of amides is 1. The van der Waals surface area contributed by atoms with Gasteiger partial charge in [0.2, 0.25) is 0 Å². The predicted octanol–water partition coefficient (Wildman–Crippen LogP) is 3.50. The zero-order valence-electron chi connectivity index (χ0n) is 12.3. The number of hydrogen-bond donors (Lipinski definition) is 1. The summed E-state index contributed by atoms with van der Waals surface area (Å²) >= 11 is 1.66. The second-order valence-corrected chi connectivity index (χ2v) is 5.38. The first-order valence-corrected chi connectivity index (χ1v) is 7.89. The van der Waals surface area contributed by atoms with E-state index in [0.29, 0.717) is 23.7 Å². The minimum absolute atomic E-state index is 0.236. The van der Waals surface area contributed by atoms with Crippen molar-refractivity contribution in [3.8, 4) is 5.75 Å². The number of aryl methyl sites for hydroxylation is 1. The number of carbonyl (C=O) groups excluding carboxylic acids is 1. The summed E-state index contributed by atoms with van der Waals surface area (Å²) < 4.78 is 10.6. The number of nitrogens with one attached hydrogen (secondary N) is 1. The van der Waals surface area contributed by atoms with E-state index < -0.39 is 6.10 Å². The van der Waals surface area contributed by atoms with Gasteiger partial charge in [-0.2, -0.15) is 0 Å². The summed E-state index contributed by atoms with van der Waals surface area (Å²) in [6.07, 6.45) is 2.01. The van der Waals surface area contributed by atoms with Crippen LogP contribution in [0.1, 0.15) is 19.1 Å². The van der Waals surface area contributed by atoms with Gasteiger partial charge in [0.05, 0.1) is 0 Å². The average Bonchev–Trinajstić information content (AvgIpc) is 2.90. The third-order valence-corrected chi connectivity index (χ3v) is 3.62.